The molecule has 6 heteroatoms. The number of hydrogen-bond acceptors (Lipinski definition) is 5. The van der Waals surface area contributed by atoms with Crippen LogP contribution in [-0.4, -0.2) is 36.1 Å². The van der Waals surface area contributed by atoms with Gasteiger partial charge in [-0.1, -0.05) is 26.7 Å². The molecule has 4 atom stereocenters. The van der Waals surface area contributed by atoms with Crippen LogP contribution in [0.3, 0.4) is 0 Å². The zero-order valence-electron chi connectivity index (χ0n) is 14.7. The topological polar surface area (TPSA) is 77.5 Å². The number of hydrogen-bond donors (Lipinski definition) is 1. The number of esters is 1. The fourth-order valence-corrected chi connectivity index (χ4v) is 3.07. The van der Waals surface area contributed by atoms with Gasteiger partial charge in [-0.05, 0) is 37.3 Å². The van der Waals surface area contributed by atoms with E-state index in [0.717, 1.165) is 12.8 Å². The van der Waals surface area contributed by atoms with E-state index in [4.69, 9.17) is 9.47 Å². The molecule has 0 unspecified atom stereocenters. The van der Waals surface area contributed by atoms with E-state index in [1.807, 2.05) is 0 Å². The molecule has 0 radical (unpaired) electrons. The van der Waals surface area contributed by atoms with Crippen LogP contribution < -0.4 is 10.1 Å². The van der Waals surface area contributed by atoms with E-state index in [1.54, 1.807) is 19.1 Å². The Kier molecular flexibility index (Phi) is 6.17. The second-order valence-corrected chi connectivity index (χ2v) is 6.49. The molecule has 1 aromatic rings. The van der Waals surface area contributed by atoms with Gasteiger partial charge < -0.3 is 14.8 Å². The van der Waals surface area contributed by atoms with Crippen molar-refractivity contribution in [3.8, 4) is 5.88 Å². The van der Waals surface area contributed by atoms with Crippen molar-refractivity contribution < 1.29 is 19.1 Å². The fraction of sp³-hybridized carbons (Fsp3) is 0.611. The van der Waals surface area contributed by atoms with Crippen molar-refractivity contribution in [1.82, 2.24) is 10.3 Å². The maximum atomic E-state index is 12.3. The number of pyridine rings is 1. The lowest BCUT2D eigenvalue weighted by Crippen LogP contribution is -2.47. The molecule has 6 nitrogen and oxygen atoms in total. The van der Waals surface area contributed by atoms with E-state index in [1.165, 1.54) is 19.7 Å². The number of carbonyl (C=O) groups excluding carboxylic acids is 2. The molecule has 1 amide bonds. The monoisotopic (exact) mass is 334 g/mol. The Balaban J connectivity index is 1.95. The van der Waals surface area contributed by atoms with Gasteiger partial charge in [0.15, 0.2) is 6.10 Å². The molecule has 1 N–H and O–H groups in total. The van der Waals surface area contributed by atoms with Gasteiger partial charge in [0.25, 0.3) is 5.91 Å². The van der Waals surface area contributed by atoms with Crippen LogP contribution in [0.25, 0.3) is 0 Å². The van der Waals surface area contributed by atoms with E-state index >= 15 is 0 Å². The van der Waals surface area contributed by atoms with Crippen LogP contribution >= 0.6 is 0 Å². The number of methoxy groups -OCH3 is 1. The predicted octanol–water partition coefficient (Wildman–Crippen LogP) is 2.58. The molecule has 1 aromatic heterocycles. The molecule has 24 heavy (non-hydrogen) atoms. The van der Waals surface area contributed by atoms with Gasteiger partial charge in [-0.15, -0.1) is 0 Å². The summed E-state index contributed by atoms with van der Waals surface area (Å²) in [5.74, 6) is 0.306. The molecule has 1 aliphatic rings. The molecule has 2 rings (SSSR count). The second kappa shape index (κ2) is 8.13. The SMILES string of the molecule is COc1ncccc1C(=O)O[C@H](C)C(=O)N[C@@H]1CCC[C@@H](C)[C@@H]1C. The third kappa shape index (κ3) is 4.24. The van der Waals surface area contributed by atoms with Crippen LogP contribution in [0.1, 0.15) is 50.4 Å². The van der Waals surface area contributed by atoms with Crippen LogP contribution in [-0.2, 0) is 9.53 Å². The first-order valence-corrected chi connectivity index (χ1v) is 8.44. The summed E-state index contributed by atoms with van der Waals surface area (Å²) in [7, 11) is 1.43. The predicted molar refractivity (Wildman–Crippen MR) is 89.8 cm³/mol. The number of nitrogens with one attached hydrogen (secondary N) is 1. The van der Waals surface area contributed by atoms with Gasteiger partial charge in [-0.2, -0.15) is 0 Å². The maximum Gasteiger partial charge on any atom is 0.344 e. The van der Waals surface area contributed by atoms with Gasteiger partial charge in [-0.25, -0.2) is 9.78 Å². The van der Waals surface area contributed by atoms with Crippen molar-refractivity contribution in [2.45, 2.75) is 52.2 Å². The lowest BCUT2D eigenvalue weighted by Gasteiger charge is -2.35. The van der Waals surface area contributed by atoms with Crippen molar-refractivity contribution in [3.63, 3.8) is 0 Å². The van der Waals surface area contributed by atoms with Crippen molar-refractivity contribution in [3.05, 3.63) is 23.9 Å². The van der Waals surface area contributed by atoms with E-state index in [0.29, 0.717) is 11.8 Å². The minimum atomic E-state index is -0.869. The first-order valence-electron chi connectivity index (χ1n) is 8.44. The molecule has 0 spiro atoms. The molecule has 1 heterocycles. The molecule has 132 valence electrons. The summed E-state index contributed by atoms with van der Waals surface area (Å²) in [6.07, 6.45) is 3.93. The number of rotatable bonds is 5. The van der Waals surface area contributed by atoms with E-state index in [2.05, 4.69) is 24.1 Å². The zero-order chi connectivity index (χ0) is 17.7. The lowest BCUT2D eigenvalue weighted by atomic mass is 9.78. The third-order valence-corrected chi connectivity index (χ3v) is 4.87. The van der Waals surface area contributed by atoms with Gasteiger partial charge in [0.05, 0.1) is 7.11 Å². The Morgan fingerprint density at radius 2 is 2.08 bits per heavy atom. The summed E-state index contributed by atoms with van der Waals surface area (Å²) in [6, 6.07) is 3.31. The average Bonchev–Trinajstić information content (AvgIpc) is 2.58. The second-order valence-electron chi connectivity index (χ2n) is 6.49. The molecular formula is C18H26N2O4. The van der Waals surface area contributed by atoms with E-state index in [9.17, 15) is 9.59 Å². The number of carbonyl (C=O) groups is 2. The Labute approximate surface area is 142 Å². The molecule has 0 saturated heterocycles. The average molecular weight is 334 g/mol. The van der Waals surface area contributed by atoms with Crippen molar-refractivity contribution in [1.29, 1.82) is 0 Å². The third-order valence-electron chi connectivity index (χ3n) is 4.87. The minimum absolute atomic E-state index is 0.135. The Morgan fingerprint density at radius 3 is 2.79 bits per heavy atom. The summed E-state index contributed by atoms with van der Waals surface area (Å²) >= 11 is 0. The first kappa shape index (κ1) is 18.2. The number of amides is 1. The summed E-state index contributed by atoms with van der Waals surface area (Å²) in [6.45, 7) is 5.94. The largest absolute Gasteiger partial charge is 0.480 e. The van der Waals surface area contributed by atoms with Crippen LogP contribution in [0.15, 0.2) is 18.3 Å². The number of ether oxygens (including phenoxy) is 2. The van der Waals surface area contributed by atoms with Crippen molar-refractivity contribution in [2.75, 3.05) is 7.11 Å². The minimum Gasteiger partial charge on any atom is -0.480 e. The highest BCUT2D eigenvalue weighted by Crippen LogP contribution is 2.29. The normalized spacial score (nSPS) is 24.8. The smallest absolute Gasteiger partial charge is 0.344 e. The standard InChI is InChI=1S/C18H26N2O4/c1-11-7-5-9-15(12(11)2)20-16(21)13(3)24-18(22)14-8-6-10-19-17(14)23-4/h6,8,10-13,15H,5,7,9H2,1-4H3,(H,20,21)/t11-,12+,13-,15-/m1/s1. The van der Waals surface area contributed by atoms with Gasteiger partial charge in [0, 0.05) is 12.2 Å². The highest BCUT2D eigenvalue weighted by atomic mass is 16.5. The highest BCUT2D eigenvalue weighted by Gasteiger charge is 2.30. The van der Waals surface area contributed by atoms with Gasteiger partial charge in [0.1, 0.15) is 5.56 Å². The molecule has 0 aromatic carbocycles. The van der Waals surface area contributed by atoms with E-state index in [-0.39, 0.29) is 23.4 Å². The van der Waals surface area contributed by atoms with Gasteiger partial charge >= 0.3 is 5.97 Å². The quantitative estimate of drug-likeness (QED) is 0.838. The molecule has 1 saturated carbocycles. The summed E-state index contributed by atoms with van der Waals surface area (Å²) in [4.78, 5) is 28.5. The molecule has 1 aliphatic carbocycles. The molecule has 1 fully saturated rings. The van der Waals surface area contributed by atoms with Crippen LogP contribution in [0, 0.1) is 11.8 Å². The van der Waals surface area contributed by atoms with Crippen molar-refractivity contribution >= 4 is 11.9 Å². The van der Waals surface area contributed by atoms with Crippen LogP contribution in [0.5, 0.6) is 5.88 Å². The Morgan fingerprint density at radius 1 is 1.33 bits per heavy atom. The first-order chi connectivity index (χ1) is 11.4. The highest BCUT2D eigenvalue weighted by molar-refractivity contribution is 5.94. The molecular weight excluding hydrogens is 308 g/mol. The fourth-order valence-electron chi connectivity index (χ4n) is 3.07. The maximum absolute atomic E-state index is 12.3. The summed E-state index contributed by atoms with van der Waals surface area (Å²) in [5.41, 5.74) is 0.208. The van der Waals surface area contributed by atoms with Crippen molar-refractivity contribution in [2.24, 2.45) is 11.8 Å². The van der Waals surface area contributed by atoms with E-state index < -0.39 is 12.1 Å². The van der Waals surface area contributed by atoms with Gasteiger partial charge in [-0.3, -0.25) is 4.79 Å². The Bertz CT molecular complexity index is 590. The van der Waals surface area contributed by atoms with Crippen LogP contribution in [0.2, 0.25) is 0 Å². The van der Waals surface area contributed by atoms with Gasteiger partial charge in [0.2, 0.25) is 5.88 Å². The number of nitrogens with zero attached hydrogens (tertiary/aromatic N) is 1. The summed E-state index contributed by atoms with van der Waals surface area (Å²) in [5, 5.41) is 3.02. The summed E-state index contributed by atoms with van der Waals surface area (Å²) < 4.78 is 10.3. The molecule has 0 bridgehead atoms. The Hall–Kier alpha value is -2.11. The lowest BCUT2D eigenvalue weighted by molar-refractivity contribution is -0.130. The zero-order valence-corrected chi connectivity index (χ0v) is 14.7. The number of aromatic nitrogens is 1. The molecule has 0 aliphatic heterocycles. The van der Waals surface area contributed by atoms with Crippen LogP contribution in [0.4, 0.5) is 0 Å².